The van der Waals surface area contributed by atoms with Crippen LogP contribution in [0, 0.1) is 11.3 Å². The van der Waals surface area contributed by atoms with E-state index in [1.807, 2.05) is 13.0 Å². The summed E-state index contributed by atoms with van der Waals surface area (Å²) in [5, 5.41) is 8.50. The lowest BCUT2D eigenvalue weighted by molar-refractivity contribution is 0.0768. The molecule has 16 heavy (non-hydrogen) atoms. The Labute approximate surface area is 95.3 Å². The molecular formula is C12H15N3O. The average Bonchev–Trinajstić information content (AvgIpc) is 2.29. The molecule has 1 aromatic rings. The minimum absolute atomic E-state index is 0.0787. The smallest absolute Gasteiger partial charge is 0.253 e. The van der Waals surface area contributed by atoms with Crippen LogP contribution in [0.25, 0.3) is 0 Å². The molecule has 0 atom stereocenters. The Bertz CT molecular complexity index is 409. The second-order valence-electron chi connectivity index (χ2n) is 3.42. The molecule has 4 heteroatoms. The Kier molecular flexibility index (Phi) is 4.34. The van der Waals surface area contributed by atoms with Gasteiger partial charge in [-0.05, 0) is 25.1 Å². The Balaban J connectivity index is 2.79. The minimum atomic E-state index is -0.0787. The van der Waals surface area contributed by atoms with E-state index < -0.39 is 0 Å². The summed E-state index contributed by atoms with van der Waals surface area (Å²) in [7, 11) is 0. The van der Waals surface area contributed by atoms with Gasteiger partial charge in [0.15, 0.2) is 0 Å². The van der Waals surface area contributed by atoms with Gasteiger partial charge >= 0.3 is 0 Å². The van der Waals surface area contributed by atoms with Gasteiger partial charge in [0.05, 0.1) is 12.5 Å². The SMILES string of the molecule is CCN(CCC#N)C(=O)c1cccc(N)c1. The molecule has 0 aromatic heterocycles. The molecule has 0 heterocycles. The predicted octanol–water partition coefficient (Wildman–Crippen LogP) is 1.64. The van der Waals surface area contributed by atoms with Crippen molar-refractivity contribution in [3.8, 4) is 6.07 Å². The van der Waals surface area contributed by atoms with E-state index in [9.17, 15) is 4.79 Å². The summed E-state index contributed by atoms with van der Waals surface area (Å²) in [5.74, 6) is -0.0787. The largest absolute Gasteiger partial charge is 0.399 e. The normalized spacial score (nSPS) is 9.50. The van der Waals surface area contributed by atoms with Crippen LogP contribution in [0.5, 0.6) is 0 Å². The first-order valence-corrected chi connectivity index (χ1v) is 5.20. The molecule has 1 aromatic carbocycles. The van der Waals surface area contributed by atoms with E-state index in [4.69, 9.17) is 11.0 Å². The van der Waals surface area contributed by atoms with Gasteiger partial charge in [0.25, 0.3) is 5.91 Å². The fraction of sp³-hybridized carbons (Fsp3) is 0.333. The zero-order chi connectivity index (χ0) is 12.0. The lowest BCUT2D eigenvalue weighted by atomic mass is 10.1. The Hall–Kier alpha value is -2.02. The fourth-order valence-corrected chi connectivity index (χ4v) is 1.44. The highest BCUT2D eigenvalue weighted by molar-refractivity contribution is 5.95. The molecule has 0 bridgehead atoms. The van der Waals surface area contributed by atoms with Crippen molar-refractivity contribution in [2.75, 3.05) is 18.8 Å². The summed E-state index contributed by atoms with van der Waals surface area (Å²) >= 11 is 0. The summed E-state index contributed by atoms with van der Waals surface area (Å²) in [6, 6.07) is 8.90. The van der Waals surface area contributed by atoms with Crippen LogP contribution in [0.1, 0.15) is 23.7 Å². The molecule has 4 nitrogen and oxygen atoms in total. The molecule has 1 amide bonds. The van der Waals surface area contributed by atoms with Gasteiger partial charge in [0.2, 0.25) is 0 Å². The van der Waals surface area contributed by atoms with Gasteiger partial charge in [-0.3, -0.25) is 4.79 Å². The average molecular weight is 217 g/mol. The van der Waals surface area contributed by atoms with E-state index in [0.717, 1.165) is 0 Å². The first kappa shape index (κ1) is 12.1. The summed E-state index contributed by atoms with van der Waals surface area (Å²) in [6.45, 7) is 2.94. The van der Waals surface area contributed by atoms with Crippen LogP contribution >= 0.6 is 0 Å². The number of anilines is 1. The van der Waals surface area contributed by atoms with Crippen molar-refractivity contribution in [3.05, 3.63) is 29.8 Å². The number of rotatable bonds is 4. The molecular weight excluding hydrogens is 202 g/mol. The number of nitrogen functional groups attached to an aromatic ring is 1. The van der Waals surface area contributed by atoms with E-state index in [1.165, 1.54) is 0 Å². The fourth-order valence-electron chi connectivity index (χ4n) is 1.44. The van der Waals surface area contributed by atoms with Crippen molar-refractivity contribution in [1.82, 2.24) is 4.90 Å². The van der Waals surface area contributed by atoms with E-state index >= 15 is 0 Å². The molecule has 2 N–H and O–H groups in total. The highest BCUT2D eigenvalue weighted by atomic mass is 16.2. The van der Waals surface area contributed by atoms with Crippen molar-refractivity contribution in [3.63, 3.8) is 0 Å². The van der Waals surface area contributed by atoms with Crippen LogP contribution in [-0.2, 0) is 0 Å². The molecule has 0 aliphatic rings. The number of hydrogen-bond donors (Lipinski definition) is 1. The van der Waals surface area contributed by atoms with Crippen molar-refractivity contribution in [2.45, 2.75) is 13.3 Å². The van der Waals surface area contributed by atoms with E-state index in [-0.39, 0.29) is 5.91 Å². The zero-order valence-corrected chi connectivity index (χ0v) is 9.31. The quantitative estimate of drug-likeness (QED) is 0.779. The van der Waals surface area contributed by atoms with Crippen LogP contribution in [-0.4, -0.2) is 23.9 Å². The Morgan fingerprint density at radius 2 is 2.31 bits per heavy atom. The first-order valence-electron chi connectivity index (χ1n) is 5.20. The molecule has 0 aliphatic heterocycles. The third-order valence-electron chi connectivity index (χ3n) is 2.30. The van der Waals surface area contributed by atoms with Gasteiger partial charge in [-0.1, -0.05) is 6.07 Å². The maximum Gasteiger partial charge on any atom is 0.253 e. The van der Waals surface area contributed by atoms with E-state index in [1.54, 1.807) is 29.2 Å². The Morgan fingerprint density at radius 1 is 1.56 bits per heavy atom. The third-order valence-corrected chi connectivity index (χ3v) is 2.30. The first-order chi connectivity index (χ1) is 7.69. The van der Waals surface area contributed by atoms with Crippen LogP contribution in [0.3, 0.4) is 0 Å². The van der Waals surface area contributed by atoms with Gasteiger partial charge in [-0.15, -0.1) is 0 Å². The van der Waals surface area contributed by atoms with Crippen LogP contribution < -0.4 is 5.73 Å². The Morgan fingerprint density at radius 3 is 2.88 bits per heavy atom. The van der Waals surface area contributed by atoms with Crippen molar-refractivity contribution in [1.29, 1.82) is 5.26 Å². The van der Waals surface area contributed by atoms with Gasteiger partial charge in [-0.25, -0.2) is 0 Å². The summed E-state index contributed by atoms with van der Waals surface area (Å²) < 4.78 is 0. The number of carbonyl (C=O) groups excluding carboxylic acids is 1. The minimum Gasteiger partial charge on any atom is -0.399 e. The number of nitriles is 1. The third kappa shape index (κ3) is 2.99. The number of nitrogens with zero attached hydrogens (tertiary/aromatic N) is 2. The molecule has 0 radical (unpaired) electrons. The summed E-state index contributed by atoms with van der Waals surface area (Å²) in [6.07, 6.45) is 0.349. The lowest BCUT2D eigenvalue weighted by Crippen LogP contribution is -2.31. The molecule has 0 saturated heterocycles. The van der Waals surface area contributed by atoms with Gasteiger partial charge < -0.3 is 10.6 Å². The number of amides is 1. The molecule has 84 valence electrons. The lowest BCUT2D eigenvalue weighted by Gasteiger charge is -2.19. The standard InChI is InChI=1S/C12H15N3O/c1-2-15(8-4-7-13)12(16)10-5-3-6-11(14)9-10/h3,5-6,9H,2,4,8,14H2,1H3. The molecule has 0 spiro atoms. The highest BCUT2D eigenvalue weighted by Crippen LogP contribution is 2.09. The van der Waals surface area contributed by atoms with E-state index in [0.29, 0.717) is 30.8 Å². The number of carbonyl (C=O) groups is 1. The van der Waals surface area contributed by atoms with Crippen LogP contribution in [0.2, 0.25) is 0 Å². The predicted molar refractivity (Wildman–Crippen MR) is 62.7 cm³/mol. The maximum atomic E-state index is 12.0. The number of hydrogen-bond acceptors (Lipinski definition) is 3. The highest BCUT2D eigenvalue weighted by Gasteiger charge is 2.13. The van der Waals surface area contributed by atoms with E-state index in [2.05, 4.69) is 0 Å². The number of benzene rings is 1. The van der Waals surface area contributed by atoms with Gasteiger partial charge in [0, 0.05) is 24.3 Å². The second-order valence-corrected chi connectivity index (χ2v) is 3.42. The summed E-state index contributed by atoms with van der Waals surface area (Å²) in [5.41, 5.74) is 6.76. The van der Waals surface area contributed by atoms with Gasteiger partial charge in [0.1, 0.15) is 0 Å². The van der Waals surface area contributed by atoms with Crippen LogP contribution in [0.4, 0.5) is 5.69 Å². The molecule has 0 unspecified atom stereocenters. The molecule has 0 fully saturated rings. The monoisotopic (exact) mass is 217 g/mol. The topological polar surface area (TPSA) is 70.1 Å². The van der Waals surface area contributed by atoms with Gasteiger partial charge in [-0.2, -0.15) is 5.26 Å². The van der Waals surface area contributed by atoms with Crippen molar-refractivity contribution in [2.24, 2.45) is 0 Å². The van der Waals surface area contributed by atoms with Crippen molar-refractivity contribution < 1.29 is 4.79 Å². The molecule has 1 rings (SSSR count). The zero-order valence-electron chi connectivity index (χ0n) is 9.31. The number of nitrogens with two attached hydrogens (primary N) is 1. The van der Waals surface area contributed by atoms with Crippen LogP contribution in [0.15, 0.2) is 24.3 Å². The molecule has 0 saturated carbocycles. The summed E-state index contributed by atoms with van der Waals surface area (Å²) in [4.78, 5) is 13.6. The molecule has 0 aliphatic carbocycles. The maximum absolute atomic E-state index is 12.0. The second kappa shape index (κ2) is 5.76. The van der Waals surface area contributed by atoms with Crippen molar-refractivity contribution >= 4 is 11.6 Å².